The Labute approximate surface area is 145 Å². The number of Topliss-reactive ketones (excluding diaryl/α,β-unsaturated/α-hetero) is 2. The van der Waals surface area contributed by atoms with Gasteiger partial charge in [0.05, 0.1) is 6.10 Å². The molecule has 4 saturated carbocycles. The van der Waals surface area contributed by atoms with Crippen LogP contribution in [0.2, 0.25) is 0 Å². The van der Waals surface area contributed by atoms with Crippen LogP contribution in [0.1, 0.15) is 72.1 Å². The Balaban J connectivity index is 1.67. The van der Waals surface area contributed by atoms with Gasteiger partial charge in [-0.05, 0) is 80.0 Å². The van der Waals surface area contributed by atoms with Gasteiger partial charge >= 0.3 is 0 Å². The zero-order valence-corrected chi connectivity index (χ0v) is 15.4. The molecule has 0 unspecified atom stereocenters. The number of aliphatic hydroxyl groups excluding tert-OH is 1. The number of ketones is 2. The zero-order valence-electron chi connectivity index (χ0n) is 15.4. The minimum Gasteiger partial charge on any atom is -0.393 e. The molecule has 0 radical (unpaired) electrons. The average Bonchev–Trinajstić information content (AvgIpc) is 2.86. The molecule has 0 saturated heterocycles. The second-order valence-electron chi connectivity index (χ2n) is 9.82. The van der Waals surface area contributed by atoms with Crippen LogP contribution in [-0.4, -0.2) is 22.8 Å². The van der Waals surface area contributed by atoms with Crippen molar-refractivity contribution in [3.05, 3.63) is 0 Å². The first-order chi connectivity index (χ1) is 11.3. The molecule has 0 aliphatic heterocycles. The SMILES string of the molecule is CC(=O)[C@H]1CC[C@H]2[C@@H]3[C@H](O)C[C@@H]4CC(=O)CC[C@]4(C)[C@H]3CC[C@]12C. The third-order valence-electron chi connectivity index (χ3n) is 8.99. The standard InChI is InChI=1S/C21H32O3/c1-12(22)15-4-5-16-19-17(7-9-21(15,16)3)20(2)8-6-14(23)10-13(20)11-18(19)24/h13,15-19,24H,4-11H2,1-3H3/t13-,15+,16-,17-,18+,19-,20-,21+/m0/s1. The van der Waals surface area contributed by atoms with Crippen molar-refractivity contribution in [2.24, 2.45) is 40.4 Å². The lowest BCUT2D eigenvalue weighted by atomic mass is 9.44. The quantitative estimate of drug-likeness (QED) is 0.795. The van der Waals surface area contributed by atoms with Gasteiger partial charge in [0.25, 0.3) is 0 Å². The van der Waals surface area contributed by atoms with Crippen LogP contribution >= 0.6 is 0 Å². The van der Waals surface area contributed by atoms with Gasteiger partial charge in [0.1, 0.15) is 11.6 Å². The molecule has 1 N–H and O–H groups in total. The molecule has 0 bridgehead atoms. The number of carbonyl (C=O) groups excluding carboxylic acids is 2. The molecule has 0 heterocycles. The van der Waals surface area contributed by atoms with Crippen LogP contribution in [-0.2, 0) is 9.59 Å². The summed E-state index contributed by atoms with van der Waals surface area (Å²) in [6.07, 6.45) is 7.26. The Morgan fingerprint density at radius 1 is 1.08 bits per heavy atom. The predicted octanol–water partition coefficient (Wildman–Crippen LogP) is 3.77. The van der Waals surface area contributed by atoms with Crippen LogP contribution in [0.3, 0.4) is 0 Å². The van der Waals surface area contributed by atoms with Crippen LogP contribution in [0.15, 0.2) is 0 Å². The van der Waals surface area contributed by atoms with Crippen molar-refractivity contribution in [2.75, 3.05) is 0 Å². The van der Waals surface area contributed by atoms with Gasteiger partial charge in [0.2, 0.25) is 0 Å². The smallest absolute Gasteiger partial charge is 0.133 e. The maximum atomic E-state index is 12.2. The monoisotopic (exact) mass is 332 g/mol. The van der Waals surface area contributed by atoms with E-state index in [1.807, 2.05) is 0 Å². The lowest BCUT2D eigenvalue weighted by Gasteiger charge is -2.61. The summed E-state index contributed by atoms with van der Waals surface area (Å²) in [6, 6.07) is 0. The Morgan fingerprint density at radius 2 is 1.79 bits per heavy atom. The number of hydrogen-bond acceptors (Lipinski definition) is 3. The maximum Gasteiger partial charge on any atom is 0.133 e. The molecule has 0 amide bonds. The summed E-state index contributed by atoms with van der Waals surface area (Å²) >= 11 is 0. The number of carbonyl (C=O) groups is 2. The first kappa shape index (κ1) is 16.8. The van der Waals surface area contributed by atoms with E-state index in [4.69, 9.17) is 0 Å². The van der Waals surface area contributed by atoms with E-state index in [1.165, 1.54) is 0 Å². The van der Waals surface area contributed by atoms with Gasteiger partial charge in [-0.2, -0.15) is 0 Å². The Morgan fingerprint density at radius 3 is 2.50 bits per heavy atom. The van der Waals surface area contributed by atoms with Crippen LogP contribution in [0.4, 0.5) is 0 Å². The highest BCUT2D eigenvalue weighted by atomic mass is 16.3. The van der Waals surface area contributed by atoms with Crippen molar-refractivity contribution in [1.82, 2.24) is 0 Å². The molecule has 24 heavy (non-hydrogen) atoms. The lowest BCUT2D eigenvalue weighted by Crippen LogP contribution is -2.58. The topological polar surface area (TPSA) is 54.4 Å². The molecular formula is C21H32O3. The summed E-state index contributed by atoms with van der Waals surface area (Å²) in [6.45, 7) is 6.47. The van der Waals surface area contributed by atoms with Crippen molar-refractivity contribution in [3.63, 3.8) is 0 Å². The summed E-state index contributed by atoms with van der Waals surface area (Å²) in [4.78, 5) is 24.1. The van der Waals surface area contributed by atoms with Crippen molar-refractivity contribution in [3.8, 4) is 0 Å². The Bertz CT molecular complexity index is 569. The minimum atomic E-state index is -0.283. The van der Waals surface area contributed by atoms with E-state index in [9.17, 15) is 14.7 Å². The molecule has 134 valence electrons. The highest BCUT2D eigenvalue weighted by Gasteiger charge is 2.63. The first-order valence-corrected chi connectivity index (χ1v) is 9.97. The van der Waals surface area contributed by atoms with Crippen LogP contribution in [0.5, 0.6) is 0 Å². The fourth-order valence-electron chi connectivity index (χ4n) is 7.68. The molecule has 0 aromatic carbocycles. The van der Waals surface area contributed by atoms with Crippen LogP contribution < -0.4 is 0 Å². The minimum absolute atomic E-state index is 0.0850. The van der Waals surface area contributed by atoms with E-state index < -0.39 is 0 Å². The largest absolute Gasteiger partial charge is 0.393 e. The van der Waals surface area contributed by atoms with E-state index in [2.05, 4.69) is 13.8 Å². The normalized spacial score (nSPS) is 53.9. The number of aliphatic hydroxyl groups is 1. The van der Waals surface area contributed by atoms with Crippen LogP contribution in [0.25, 0.3) is 0 Å². The molecular weight excluding hydrogens is 300 g/mol. The van der Waals surface area contributed by atoms with Gasteiger partial charge in [-0.25, -0.2) is 0 Å². The fraction of sp³-hybridized carbons (Fsp3) is 0.905. The first-order valence-electron chi connectivity index (χ1n) is 9.97. The summed E-state index contributed by atoms with van der Waals surface area (Å²) in [5.41, 5.74) is 0.301. The molecule has 4 rings (SSSR count). The van der Waals surface area contributed by atoms with E-state index in [1.54, 1.807) is 6.92 Å². The highest BCUT2D eigenvalue weighted by Crippen LogP contribution is 2.67. The molecule has 8 atom stereocenters. The van der Waals surface area contributed by atoms with Gasteiger partial charge in [-0.1, -0.05) is 13.8 Å². The highest BCUT2D eigenvalue weighted by molar-refractivity contribution is 5.80. The van der Waals surface area contributed by atoms with Gasteiger partial charge in [-0.3, -0.25) is 9.59 Å². The van der Waals surface area contributed by atoms with Crippen molar-refractivity contribution < 1.29 is 14.7 Å². The van der Waals surface area contributed by atoms with E-state index >= 15 is 0 Å². The maximum absolute atomic E-state index is 12.2. The predicted molar refractivity (Wildman–Crippen MR) is 92.3 cm³/mol. The molecule has 0 spiro atoms. The summed E-state index contributed by atoms with van der Waals surface area (Å²) in [5, 5.41) is 11.0. The molecule has 0 aromatic rings. The van der Waals surface area contributed by atoms with Crippen molar-refractivity contribution in [1.29, 1.82) is 0 Å². The second kappa shape index (κ2) is 5.40. The number of rotatable bonds is 1. The summed E-state index contributed by atoms with van der Waals surface area (Å²) < 4.78 is 0. The van der Waals surface area contributed by atoms with E-state index in [0.29, 0.717) is 41.7 Å². The molecule has 3 heteroatoms. The summed E-state index contributed by atoms with van der Waals surface area (Å²) in [7, 11) is 0. The Kier molecular flexibility index (Phi) is 3.77. The average molecular weight is 332 g/mol. The molecule has 0 aromatic heterocycles. The van der Waals surface area contributed by atoms with Gasteiger partial charge < -0.3 is 5.11 Å². The fourth-order valence-corrected chi connectivity index (χ4v) is 7.68. The van der Waals surface area contributed by atoms with Crippen molar-refractivity contribution >= 4 is 11.6 Å². The second-order valence-corrected chi connectivity index (χ2v) is 9.82. The van der Waals surface area contributed by atoms with E-state index in [0.717, 1.165) is 44.9 Å². The number of hydrogen-bond donors (Lipinski definition) is 1. The number of fused-ring (bicyclic) bond motifs is 5. The van der Waals surface area contributed by atoms with Gasteiger partial charge in [-0.15, -0.1) is 0 Å². The summed E-state index contributed by atoms with van der Waals surface area (Å²) in [5.74, 6) is 2.64. The third-order valence-corrected chi connectivity index (χ3v) is 8.99. The van der Waals surface area contributed by atoms with Crippen molar-refractivity contribution in [2.45, 2.75) is 78.2 Å². The van der Waals surface area contributed by atoms with Gasteiger partial charge in [0, 0.05) is 18.8 Å². The van der Waals surface area contributed by atoms with E-state index in [-0.39, 0.29) is 22.9 Å². The zero-order chi connectivity index (χ0) is 17.3. The molecule has 4 aliphatic carbocycles. The molecule has 3 nitrogen and oxygen atoms in total. The van der Waals surface area contributed by atoms with Crippen LogP contribution in [0, 0.1) is 40.4 Å². The molecule has 4 fully saturated rings. The third kappa shape index (κ3) is 2.12. The lowest BCUT2D eigenvalue weighted by molar-refractivity contribution is -0.168. The Hall–Kier alpha value is -0.700. The van der Waals surface area contributed by atoms with Gasteiger partial charge in [0.15, 0.2) is 0 Å². The molecule has 4 aliphatic rings.